The van der Waals surface area contributed by atoms with Crippen LogP contribution in [0, 0.1) is 6.92 Å². The van der Waals surface area contributed by atoms with Gasteiger partial charge >= 0.3 is 0 Å². The molecule has 10 heteroatoms. The summed E-state index contributed by atoms with van der Waals surface area (Å²) >= 11 is 1.57. The fourth-order valence-electron chi connectivity index (χ4n) is 3.95. The fraction of sp³-hybridized carbons (Fsp3) is 0.480. The molecule has 3 rings (SSSR count). The summed E-state index contributed by atoms with van der Waals surface area (Å²) in [6.45, 7) is 5.02. The van der Waals surface area contributed by atoms with Crippen LogP contribution >= 0.6 is 11.8 Å². The minimum absolute atomic E-state index is 0.0661. The Hall–Kier alpha value is -2.11. The minimum atomic E-state index is -3.83. The number of sulfonamides is 1. The van der Waals surface area contributed by atoms with Crippen LogP contribution < -0.4 is 14.8 Å². The van der Waals surface area contributed by atoms with E-state index >= 15 is 0 Å². The van der Waals surface area contributed by atoms with E-state index in [0.717, 1.165) is 30.0 Å². The molecule has 0 bridgehead atoms. The second-order valence-corrected chi connectivity index (χ2v) is 11.2. The molecular weight excluding hydrogens is 486 g/mol. The molecule has 0 aromatic heterocycles. The van der Waals surface area contributed by atoms with Crippen LogP contribution in [0.25, 0.3) is 0 Å². The average Bonchev–Trinajstić information content (AvgIpc) is 2.87. The van der Waals surface area contributed by atoms with E-state index < -0.39 is 16.1 Å². The first-order valence-electron chi connectivity index (χ1n) is 11.7. The Bertz CT molecular complexity index is 1040. The van der Waals surface area contributed by atoms with Crippen molar-refractivity contribution in [3.8, 4) is 5.75 Å². The monoisotopic (exact) mass is 521 g/mol. The summed E-state index contributed by atoms with van der Waals surface area (Å²) in [5.74, 6) is 1.09. The normalized spacial score (nSPS) is 16.4. The predicted octanol–water partition coefficient (Wildman–Crippen LogP) is 2.59. The molecule has 0 unspecified atom stereocenters. The molecule has 1 fully saturated rings. The lowest BCUT2D eigenvalue weighted by molar-refractivity contribution is -0.123. The van der Waals surface area contributed by atoms with Gasteiger partial charge < -0.3 is 14.8 Å². The first-order chi connectivity index (χ1) is 16.8. The molecule has 0 saturated carbocycles. The predicted molar refractivity (Wildman–Crippen MR) is 139 cm³/mol. The lowest BCUT2D eigenvalue weighted by atomic mass is 10.0. The van der Waals surface area contributed by atoms with Gasteiger partial charge in [0.2, 0.25) is 15.9 Å². The smallest absolute Gasteiger partial charge is 0.241 e. The Balaban J connectivity index is 1.74. The highest BCUT2D eigenvalue weighted by Gasteiger charge is 2.28. The Morgan fingerprint density at radius 1 is 1.11 bits per heavy atom. The van der Waals surface area contributed by atoms with Crippen molar-refractivity contribution in [2.45, 2.75) is 30.3 Å². The summed E-state index contributed by atoms with van der Waals surface area (Å²) in [4.78, 5) is 15.6. The molecule has 2 aromatic rings. The average molecular weight is 522 g/mol. The molecule has 1 heterocycles. The maximum Gasteiger partial charge on any atom is 0.241 e. The number of amides is 1. The van der Waals surface area contributed by atoms with Crippen molar-refractivity contribution in [3.05, 3.63) is 59.7 Å². The standard InChI is InChI=1S/C25H35N3O5S2/c1-19-4-10-22(11-5-19)35(30,31)27-23(12-17-34-3)25(29)26-18-24(28-13-15-33-16-14-28)20-6-8-21(32-2)9-7-20/h4-11,23-24,27H,12-18H2,1-3H3,(H,26,29)/t23-,24+/m1/s1. The van der Waals surface area contributed by atoms with Crippen LogP contribution in [0.2, 0.25) is 0 Å². The summed E-state index contributed by atoms with van der Waals surface area (Å²) in [5.41, 5.74) is 2.02. The van der Waals surface area contributed by atoms with Gasteiger partial charge in [0.1, 0.15) is 11.8 Å². The number of benzene rings is 2. The Morgan fingerprint density at radius 3 is 2.37 bits per heavy atom. The third-order valence-corrected chi connectivity index (χ3v) is 8.14. The van der Waals surface area contributed by atoms with E-state index in [4.69, 9.17) is 9.47 Å². The molecule has 35 heavy (non-hydrogen) atoms. The molecule has 0 radical (unpaired) electrons. The summed E-state index contributed by atoms with van der Waals surface area (Å²) in [6.07, 6.45) is 2.32. The van der Waals surface area contributed by atoms with E-state index in [2.05, 4.69) is 14.9 Å². The lowest BCUT2D eigenvalue weighted by Gasteiger charge is -2.35. The largest absolute Gasteiger partial charge is 0.497 e. The van der Waals surface area contributed by atoms with Gasteiger partial charge in [-0.25, -0.2) is 8.42 Å². The lowest BCUT2D eigenvalue weighted by Crippen LogP contribution is -2.50. The van der Waals surface area contributed by atoms with E-state index in [0.29, 0.717) is 31.9 Å². The van der Waals surface area contributed by atoms with Crippen molar-refractivity contribution in [2.24, 2.45) is 0 Å². The highest BCUT2D eigenvalue weighted by molar-refractivity contribution is 7.98. The molecule has 2 N–H and O–H groups in total. The molecule has 192 valence electrons. The summed E-state index contributed by atoms with van der Waals surface area (Å²) in [5, 5.41) is 3.01. The number of methoxy groups -OCH3 is 1. The van der Waals surface area contributed by atoms with Crippen LogP contribution in [0.4, 0.5) is 0 Å². The molecule has 0 spiro atoms. The Kier molecular flexibility index (Phi) is 10.4. The van der Waals surface area contributed by atoms with E-state index in [1.165, 1.54) is 0 Å². The molecule has 2 aromatic carbocycles. The highest BCUT2D eigenvalue weighted by Crippen LogP contribution is 2.24. The van der Waals surface area contributed by atoms with Gasteiger partial charge in [0.15, 0.2) is 0 Å². The van der Waals surface area contributed by atoms with Gasteiger partial charge in [-0.05, 0) is 55.2 Å². The van der Waals surface area contributed by atoms with Gasteiger partial charge in [0.25, 0.3) is 0 Å². The van der Waals surface area contributed by atoms with Gasteiger partial charge in [0, 0.05) is 19.6 Å². The zero-order valence-corrected chi connectivity index (χ0v) is 22.2. The van der Waals surface area contributed by atoms with Crippen molar-refractivity contribution in [2.75, 3.05) is 52.0 Å². The van der Waals surface area contributed by atoms with Gasteiger partial charge in [-0.1, -0.05) is 29.8 Å². The maximum atomic E-state index is 13.2. The Morgan fingerprint density at radius 2 is 1.77 bits per heavy atom. The SMILES string of the molecule is COc1ccc([C@H](CNC(=O)[C@@H](CCSC)NS(=O)(=O)c2ccc(C)cc2)N2CCOCC2)cc1. The number of nitrogens with zero attached hydrogens (tertiary/aromatic N) is 1. The first-order valence-corrected chi connectivity index (χ1v) is 14.5. The zero-order valence-electron chi connectivity index (χ0n) is 20.5. The third kappa shape index (κ3) is 7.94. The molecule has 0 aliphatic carbocycles. The van der Waals surface area contributed by atoms with Gasteiger partial charge in [-0.3, -0.25) is 9.69 Å². The van der Waals surface area contributed by atoms with Crippen LogP contribution in [0.1, 0.15) is 23.6 Å². The fourth-order valence-corrected chi connectivity index (χ4v) is 5.65. The summed E-state index contributed by atoms with van der Waals surface area (Å²) < 4.78 is 39.3. The van der Waals surface area contributed by atoms with Crippen molar-refractivity contribution in [1.29, 1.82) is 0 Å². The van der Waals surface area contributed by atoms with Crippen molar-refractivity contribution in [3.63, 3.8) is 0 Å². The molecule has 2 atom stereocenters. The first kappa shape index (κ1) is 27.5. The number of hydrogen-bond donors (Lipinski definition) is 2. The quantitative estimate of drug-likeness (QED) is 0.443. The number of carbonyl (C=O) groups is 1. The van der Waals surface area contributed by atoms with E-state index in [9.17, 15) is 13.2 Å². The van der Waals surface area contributed by atoms with E-state index in [1.54, 1.807) is 43.1 Å². The number of nitrogens with one attached hydrogen (secondary N) is 2. The second-order valence-electron chi connectivity index (χ2n) is 8.45. The number of carbonyl (C=O) groups excluding carboxylic acids is 1. The maximum absolute atomic E-state index is 13.2. The van der Waals surface area contributed by atoms with Crippen LogP contribution in [0.5, 0.6) is 5.75 Å². The number of ether oxygens (including phenoxy) is 2. The molecular formula is C25H35N3O5S2. The topological polar surface area (TPSA) is 97.0 Å². The van der Waals surface area contributed by atoms with Crippen LogP contribution in [0.3, 0.4) is 0 Å². The molecule has 8 nitrogen and oxygen atoms in total. The molecule has 1 aliphatic heterocycles. The number of hydrogen-bond acceptors (Lipinski definition) is 7. The number of rotatable bonds is 12. The minimum Gasteiger partial charge on any atom is -0.497 e. The molecule has 1 amide bonds. The second kappa shape index (κ2) is 13.3. The number of morpholine rings is 1. The third-order valence-electron chi connectivity index (χ3n) is 6.01. The van der Waals surface area contributed by atoms with Gasteiger partial charge in [-0.15, -0.1) is 0 Å². The molecule has 1 aliphatic rings. The summed E-state index contributed by atoms with van der Waals surface area (Å²) in [7, 11) is -2.21. The van der Waals surface area contributed by atoms with Crippen molar-refractivity contribution in [1.82, 2.24) is 14.9 Å². The zero-order chi connectivity index (χ0) is 25.3. The van der Waals surface area contributed by atoms with Crippen LogP contribution in [-0.2, 0) is 19.6 Å². The van der Waals surface area contributed by atoms with E-state index in [-0.39, 0.29) is 16.8 Å². The molecule has 1 saturated heterocycles. The van der Waals surface area contributed by atoms with E-state index in [1.807, 2.05) is 37.4 Å². The number of aryl methyl sites for hydroxylation is 1. The van der Waals surface area contributed by atoms with Crippen LogP contribution in [-0.4, -0.2) is 77.2 Å². The summed E-state index contributed by atoms with van der Waals surface area (Å²) in [6, 6.07) is 13.5. The van der Waals surface area contributed by atoms with Crippen molar-refractivity contribution < 1.29 is 22.7 Å². The Labute approximate surface area is 212 Å². The highest BCUT2D eigenvalue weighted by atomic mass is 32.2. The van der Waals surface area contributed by atoms with Crippen molar-refractivity contribution >= 4 is 27.7 Å². The van der Waals surface area contributed by atoms with Gasteiger partial charge in [-0.2, -0.15) is 16.5 Å². The number of thioether (sulfide) groups is 1. The van der Waals surface area contributed by atoms with Crippen LogP contribution in [0.15, 0.2) is 53.4 Å². The van der Waals surface area contributed by atoms with Gasteiger partial charge in [0.05, 0.1) is 31.3 Å².